The number of halogens is 1. The van der Waals surface area contributed by atoms with E-state index in [2.05, 4.69) is 5.32 Å². The third-order valence-electron chi connectivity index (χ3n) is 4.52. The first-order valence-electron chi connectivity index (χ1n) is 9.47. The lowest BCUT2D eigenvalue weighted by molar-refractivity contribution is -0.140. The Morgan fingerprint density at radius 2 is 1.93 bits per heavy atom. The summed E-state index contributed by atoms with van der Waals surface area (Å²) in [5.74, 6) is 1.31. The molecule has 2 amide bonds. The fourth-order valence-corrected chi connectivity index (χ4v) is 3.83. The Balaban J connectivity index is 1.97. The van der Waals surface area contributed by atoms with Crippen LogP contribution in [0.4, 0.5) is 0 Å². The summed E-state index contributed by atoms with van der Waals surface area (Å²) in [6.45, 7) is 2.11. The van der Waals surface area contributed by atoms with Crippen molar-refractivity contribution in [1.29, 1.82) is 0 Å². The van der Waals surface area contributed by atoms with Crippen molar-refractivity contribution in [3.63, 3.8) is 0 Å². The van der Waals surface area contributed by atoms with Crippen molar-refractivity contribution in [2.24, 2.45) is 0 Å². The first kappa shape index (κ1) is 23.1. The molecule has 5 nitrogen and oxygen atoms in total. The standard InChI is InChI=1S/C22H27ClN2O3S/c1-16(22(27)24-2)25(15-17-6-4-7-19(14-17)28-3)21(26)8-5-13-29-20-11-9-18(23)10-12-20/h4,6-7,9-12,14,16H,5,8,13,15H2,1-3H3,(H,24,27)/t16-/m0/s1. The number of thioether (sulfide) groups is 1. The number of ether oxygens (including phenoxy) is 1. The second-order valence-electron chi connectivity index (χ2n) is 6.57. The Kier molecular flexibility index (Phi) is 9.35. The predicted octanol–water partition coefficient (Wildman–Crippen LogP) is 4.38. The maximum atomic E-state index is 12.9. The van der Waals surface area contributed by atoms with E-state index < -0.39 is 6.04 Å². The van der Waals surface area contributed by atoms with Gasteiger partial charge in [-0.3, -0.25) is 9.59 Å². The van der Waals surface area contributed by atoms with Gasteiger partial charge in [0.2, 0.25) is 11.8 Å². The lowest BCUT2D eigenvalue weighted by Gasteiger charge is -2.28. The van der Waals surface area contributed by atoms with Crippen molar-refractivity contribution in [3.8, 4) is 5.75 Å². The molecule has 7 heteroatoms. The Hall–Kier alpha value is -2.18. The topological polar surface area (TPSA) is 58.6 Å². The second kappa shape index (κ2) is 11.7. The number of benzene rings is 2. The average Bonchev–Trinajstić information content (AvgIpc) is 2.75. The molecule has 2 aromatic rings. The average molecular weight is 435 g/mol. The van der Waals surface area contributed by atoms with Crippen LogP contribution in [0.3, 0.4) is 0 Å². The van der Waals surface area contributed by atoms with Gasteiger partial charge in [0, 0.05) is 29.9 Å². The summed E-state index contributed by atoms with van der Waals surface area (Å²) < 4.78 is 5.26. The van der Waals surface area contributed by atoms with Gasteiger partial charge in [0.05, 0.1) is 7.11 Å². The largest absolute Gasteiger partial charge is 0.497 e. The van der Waals surface area contributed by atoms with Crippen LogP contribution in [-0.2, 0) is 16.1 Å². The fourth-order valence-electron chi connectivity index (χ4n) is 2.85. The minimum absolute atomic E-state index is 0.0411. The third-order valence-corrected chi connectivity index (χ3v) is 5.87. The van der Waals surface area contributed by atoms with Gasteiger partial charge in [-0.25, -0.2) is 0 Å². The Morgan fingerprint density at radius 3 is 2.59 bits per heavy atom. The number of carbonyl (C=O) groups excluding carboxylic acids is 2. The minimum atomic E-state index is -0.553. The summed E-state index contributed by atoms with van der Waals surface area (Å²) in [7, 11) is 3.18. The first-order valence-corrected chi connectivity index (χ1v) is 10.8. The molecular weight excluding hydrogens is 408 g/mol. The molecule has 0 saturated carbocycles. The molecule has 0 aliphatic carbocycles. The molecule has 0 saturated heterocycles. The molecule has 0 radical (unpaired) electrons. The highest BCUT2D eigenvalue weighted by molar-refractivity contribution is 7.99. The van der Waals surface area contributed by atoms with Gasteiger partial charge in [0.15, 0.2) is 0 Å². The number of nitrogens with zero attached hydrogens (tertiary/aromatic N) is 1. The van der Waals surface area contributed by atoms with E-state index in [0.717, 1.165) is 28.4 Å². The zero-order valence-electron chi connectivity index (χ0n) is 17.0. The van der Waals surface area contributed by atoms with Crippen LogP contribution in [0.1, 0.15) is 25.3 Å². The summed E-state index contributed by atoms with van der Waals surface area (Å²) in [6.07, 6.45) is 1.10. The highest BCUT2D eigenvalue weighted by atomic mass is 35.5. The molecule has 1 N–H and O–H groups in total. The van der Waals surface area contributed by atoms with E-state index in [4.69, 9.17) is 16.3 Å². The quantitative estimate of drug-likeness (QED) is 0.445. The molecule has 0 bridgehead atoms. The highest BCUT2D eigenvalue weighted by Crippen LogP contribution is 2.22. The lowest BCUT2D eigenvalue weighted by Crippen LogP contribution is -2.46. The molecule has 0 aliphatic heterocycles. The molecule has 156 valence electrons. The molecule has 1 atom stereocenters. The van der Waals surface area contributed by atoms with Crippen molar-refractivity contribution in [1.82, 2.24) is 10.2 Å². The number of hydrogen-bond acceptors (Lipinski definition) is 4. The van der Waals surface area contributed by atoms with Crippen LogP contribution >= 0.6 is 23.4 Å². The van der Waals surface area contributed by atoms with Crippen molar-refractivity contribution in [2.45, 2.75) is 37.2 Å². The van der Waals surface area contributed by atoms with Crippen molar-refractivity contribution < 1.29 is 14.3 Å². The van der Waals surface area contributed by atoms with Crippen LogP contribution in [0, 0.1) is 0 Å². The van der Waals surface area contributed by atoms with E-state index >= 15 is 0 Å². The predicted molar refractivity (Wildman–Crippen MR) is 118 cm³/mol. The van der Waals surface area contributed by atoms with Crippen molar-refractivity contribution in [3.05, 3.63) is 59.1 Å². The monoisotopic (exact) mass is 434 g/mol. The van der Waals surface area contributed by atoms with Crippen LogP contribution in [0.15, 0.2) is 53.4 Å². The van der Waals surface area contributed by atoms with E-state index in [0.29, 0.717) is 18.0 Å². The first-order chi connectivity index (χ1) is 13.9. The van der Waals surface area contributed by atoms with E-state index in [1.54, 1.807) is 37.7 Å². The smallest absolute Gasteiger partial charge is 0.242 e. The number of nitrogens with one attached hydrogen (secondary N) is 1. The SMILES string of the molecule is CNC(=O)[C@H](C)N(Cc1cccc(OC)c1)C(=O)CCCSc1ccc(Cl)cc1. The van der Waals surface area contributed by atoms with Gasteiger partial charge in [-0.2, -0.15) is 0 Å². The minimum Gasteiger partial charge on any atom is -0.497 e. The van der Waals surface area contributed by atoms with E-state index in [9.17, 15) is 9.59 Å². The van der Waals surface area contributed by atoms with Gasteiger partial charge in [-0.15, -0.1) is 11.8 Å². The summed E-state index contributed by atoms with van der Waals surface area (Å²) in [6, 6.07) is 14.6. The maximum absolute atomic E-state index is 12.9. The summed E-state index contributed by atoms with van der Waals surface area (Å²) in [5, 5.41) is 3.34. The van der Waals surface area contributed by atoms with Crippen LogP contribution in [-0.4, -0.2) is 42.7 Å². The normalized spacial score (nSPS) is 11.6. The maximum Gasteiger partial charge on any atom is 0.242 e. The lowest BCUT2D eigenvalue weighted by atomic mass is 10.1. The zero-order chi connectivity index (χ0) is 21.2. The molecule has 2 aromatic carbocycles. The molecule has 0 heterocycles. The van der Waals surface area contributed by atoms with E-state index in [-0.39, 0.29) is 11.8 Å². The van der Waals surface area contributed by atoms with Crippen LogP contribution in [0.25, 0.3) is 0 Å². The van der Waals surface area contributed by atoms with Gasteiger partial charge in [-0.1, -0.05) is 23.7 Å². The van der Waals surface area contributed by atoms with Gasteiger partial charge >= 0.3 is 0 Å². The van der Waals surface area contributed by atoms with Crippen LogP contribution in [0.2, 0.25) is 5.02 Å². The second-order valence-corrected chi connectivity index (χ2v) is 8.17. The van der Waals surface area contributed by atoms with Crippen LogP contribution in [0.5, 0.6) is 5.75 Å². The summed E-state index contributed by atoms with van der Waals surface area (Å²) >= 11 is 7.59. The number of rotatable bonds is 10. The van der Waals surface area contributed by atoms with Gasteiger partial charge < -0.3 is 15.0 Å². The molecule has 0 unspecified atom stereocenters. The van der Waals surface area contributed by atoms with Gasteiger partial charge in [0.25, 0.3) is 0 Å². The summed E-state index contributed by atoms with van der Waals surface area (Å²) in [5.41, 5.74) is 0.920. The van der Waals surface area contributed by atoms with Crippen LogP contribution < -0.4 is 10.1 Å². The van der Waals surface area contributed by atoms with E-state index in [1.807, 2.05) is 48.5 Å². The van der Waals surface area contributed by atoms with Gasteiger partial charge in [0.1, 0.15) is 11.8 Å². The number of hydrogen-bond donors (Lipinski definition) is 1. The molecule has 29 heavy (non-hydrogen) atoms. The number of likely N-dealkylation sites (N-methyl/N-ethyl adjacent to an activating group) is 1. The Labute approximate surface area is 181 Å². The third kappa shape index (κ3) is 7.29. The fraction of sp³-hybridized carbons (Fsp3) is 0.364. The zero-order valence-corrected chi connectivity index (χ0v) is 18.6. The number of methoxy groups -OCH3 is 1. The summed E-state index contributed by atoms with van der Waals surface area (Å²) in [4.78, 5) is 27.8. The number of amides is 2. The molecule has 0 aromatic heterocycles. The molecule has 2 rings (SSSR count). The Morgan fingerprint density at radius 1 is 1.21 bits per heavy atom. The molecule has 0 fully saturated rings. The molecule has 0 spiro atoms. The Bertz CT molecular complexity index is 814. The highest BCUT2D eigenvalue weighted by Gasteiger charge is 2.25. The molecule has 0 aliphatic rings. The van der Waals surface area contributed by atoms with Gasteiger partial charge in [-0.05, 0) is 61.1 Å². The number of carbonyl (C=O) groups is 2. The van der Waals surface area contributed by atoms with E-state index in [1.165, 1.54) is 0 Å². The van der Waals surface area contributed by atoms with Crippen molar-refractivity contribution in [2.75, 3.05) is 19.9 Å². The molecular formula is C22H27ClN2O3S. The van der Waals surface area contributed by atoms with Crippen molar-refractivity contribution >= 4 is 35.2 Å².